The second-order valence-electron chi connectivity index (χ2n) is 4.64. The van der Waals surface area contributed by atoms with Crippen LogP contribution in [-0.2, 0) is 17.7 Å². The normalized spacial score (nSPS) is 10.2. The summed E-state index contributed by atoms with van der Waals surface area (Å²) in [5.74, 6) is 0.0164. The number of benzene rings is 1. The van der Waals surface area contributed by atoms with E-state index >= 15 is 0 Å². The van der Waals surface area contributed by atoms with Gasteiger partial charge in [-0.1, -0.05) is 31.2 Å². The number of aromatic nitrogens is 1. The van der Waals surface area contributed by atoms with Gasteiger partial charge in [0, 0.05) is 12.7 Å². The molecule has 21 heavy (non-hydrogen) atoms. The van der Waals surface area contributed by atoms with E-state index in [1.165, 1.54) is 18.9 Å². The number of aryl methyl sites for hydroxylation is 1. The van der Waals surface area contributed by atoms with Crippen molar-refractivity contribution in [1.82, 2.24) is 4.98 Å². The maximum atomic E-state index is 11.6. The lowest BCUT2D eigenvalue weighted by molar-refractivity contribution is 0.0602. The molecular weight excluding hydrogens is 266 g/mol. The molecule has 0 fully saturated rings. The Morgan fingerprint density at radius 1 is 1.24 bits per heavy atom. The molecule has 0 unspecified atom stereocenters. The highest BCUT2D eigenvalue weighted by Gasteiger charge is 2.13. The van der Waals surface area contributed by atoms with Crippen LogP contribution in [0.2, 0.25) is 0 Å². The minimum absolute atomic E-state index is 0.300. The van der Waals surface area contributed by atoms with Gasteiger partial charge >= 0.3 is 5.97 Å². The molecular formula is C16H19N3O2. The van der Waals surface area contributed by atoms with Crippen molar-refractivity contribution in [3.63, 3.8) is 0 Å². The second-order valence-corrected chi connectivity index (χ2v) is 4.64. The van der Waals surface area contributed by atoms with Crippen LogP contribution in [0.15, 0.2) is 36.5 Å². The summed E-state index contributed by atoms with van der Waals surface area (Å²) in [6, 6.07) is 9.86. The number of nitrogens with zero attached hydrogens (tertiary/aromatic N) is 1. The van der Waals surface area contributed by atoms with Crippen molar-refractivity contribution in [3.05, 3.63) is 53.2 Å². The minimum Gasteiger partial charge on any atom is -0.465 e. The Morgan fingerprint density at radius 2 is 1.90 bits per heavy atom. The third kappa shape index (κ3) is 3.51. The number of methoxy groups -OCH3 is 1. The summed E-state index contributed by atoms with van der Waals surface area (Å²) in [6.45, 7) is 2.71. The average molecular weight is 285 g/mol. The summed E-state index contributed by atoms with van der Waals surface area (Å²) in [5, 5.41) is 3.14. The molecule has 0 saturated heterocycles. The number of esters is 1. The third-order valence-electron chi connectivity index (χ3n) is 3.29. The molecule has 3 N–H and O–H groups in total. The molecule has 0 bridgehead atoms. The maximum Gasteiger partial charge on any atom is 0.340 e. The number of carbonyl (C=O) groups is 1. The molecule has 0 spiro atoms. The largest absolute Gasteiger partial charge is 0.465 e. The van der Waals surface area contributed by atoms with Gasteiger partial charge in [-0.05, 0) is 23.6 Å². The number of nitrogens with two attached hydrogens (primary N) is 1. The molecule has 2 rings (SSSR count). The SMILES string of the molecule is CCc1ccc(CNc2nccc(C(=O)OC)c2N)cc1. The van der Waals surface area contributed by atoms with E-state index in [4.69, 9.17) is 5.73 Å². The molecule has 0 amide bonds. The summed E-state index contributed by atoms with van der Waals surface area (Å²) in [6.07, 6.45) is 2.55. The zero-order valence-electron chi connectivity index (χ0n) is 12.2. The van der Waals surface area contributed by atoms with Crippen molar-refractivity contribution in [2.45, 2.75) is 19.9 Å². The van der Waals surface area contributed by atoms with Gasteiger partial charge in [0.1, 0.15) is 5.82 Å². The number of anilines is 2. The first kappa shape index (κ1) is 14.8. The lowest BCUT2D eigenvalue weighted by Gasteiger charge is -2.11. The van der Waals surface area contributed by atoms with Gasteiger partial charge in [-0.15, -0.1) is 0 Å². The number of nitrogens with one attached hydrogen (secondary N) is 1. The molecule has 110 valence electrons. The average Bonchev–Trinajstić information content (AvgIpc) is 2.53. The molecule has 0 aliphatic rings. The number of carbonyl (C=O) groups excluding carboxylic acids is 1. The third-order valence-corrected chi connectivity index (χ3v) is 3.29. The van der Waals surface area contributed by atoms with Crippen molar-refractivity contribution in [3.8, 4) is 0 Å². The Bertz CT molecular complexity index is 624. The minimum atomic E-state index is -0.467. The highest BCUT2D eigenvalue weighted by Crippen LogP contribution is 2.21. The quantitative estimate of drug-likeness (QED) is 0.826. The van der Waals surface area contributed by atoms with Crippen LogP contribution in [0, 0.1) is 0 Å². The van der Waals surface area contributed by atoms with Crippen LogP contribution in [0.5, 0.6) is 0 Å². The van der Waals surface area contributed by atoms with Crippen molar-refractivity contribution in [1.29, 1.82) is 0 Å². The summed E-state index contributed by atoms with van der Waals surface area (Å²) in [5.41, 5.74) is 8.98. The monoisotopic (exact) mass is 285 g/mol. The summed E-state index contributed by atoms with van der Waals surface area (Å²) in [7, 11) is 1.32. The summed E-state index contributed by atoms with van der Waals surface area (Å²) < 4.78 is 4.69. The zero-order valence-corrected chi connectivity index (χ0v) is 12.2. The number of rotatable bonds is 5. The first-order valence-corrected chi connectivity index (χ1v) is 6.80. The Morgan fingerprint density at radius 3 is 2.52 bits per heavy atom. The molecule has 0 saturated carbocycles. The fourth-order valence-electron chi connectivity index (χ4n) is 1.98. The summed E-state index contributed by atoms with van der Waals surface area (Å²) >= 11 is 0. The Kier molecular flexibility index (Phi) is 4.77. The van der Waals surface area contributed by atoms with E-state index in [2.05, 4.69) is 46.2 Å². The van der Waals surface area contributed by atoms with E-state index in [9.17, 15) is 4.79 Å². The number of hydrogen-bond donors (Lipinski definition) is 2. The van der Waals surface area contributed by atoms with Crippen molar-refractivity contribution in [2.75, 3.05) is 18.2 Å². The van der Waals surface area contributed by atoms with Gasteiger partial charge in [-0.25, -0.2) is 9.78 Å². The van der Waals surface area contributed by atoms with Crippen LogP contribution in [-0.4, -0.2) is 18.1 Å². The molecule has 0 radical (unpaired) electrons. The molecule has 2 aromatic rings. The fourth-order valence-corrected chi connectivity index (χ4v) is 1.98. The fraction of sp³-hybridized carbons (Fsp3) is 0.250. The first-order valence-electron chi connectivity index (χ1n) is 6.80. The molecule has 1 aromatic carbocycles. The smallest absolute Gasteiger partial charge is 0.340 e. The lowest BCUT2D eigenvalue weighted by Crippen LogP contribution is -2.10. The predicted molar refractivity (Wildman–Crippen MR) is 83.1 cm³/mol. The van der Waals surface area contributed by atoms with Crippen LogP contribution in [0.25, 0.3) is 0 Å². The molecule has 5 heteroatoms. The lowest BCUT2D eigenvalue weighted by atomic mass is 10.1. The Labute approximate surface area is 124 Å². The van der Waals surface area contributed by atoms with Crippen molar-refractivity contribution >= 4 is 17.5 Å². The van der Waals surface area contributed by atoms with Crippen LogP contribution < -0.4 is 11.1 Å². The van der Waals surface area contributed by atoms with Gasteiger partial charge in [-0.2, -0.15) is 0 Å². The van der Waals surface area contributed by atoms with Crippen LogP contribution >= 0.6 is 0 Å². The summed E-state index contributed by atoms with van der Waals surface area (Å²) in [4.78, 5) is 15.7. The molecule has 0 aliphatic heterocycles. The number of pyridine rings is 1. The van der Waals surface area contributed by atoms with Gasteiger partial charge in [0.15, 0.2) is 0 Å². The van der Waals surface area contributed by atoms with E-state index in [0.29, 0.717) is 23.6 Å². The van der Waals surface area contributed by atoms with Crippen LogP contribution in [0.1, 0.15) is 28.4 Å². The molecule has 0 aliphatic carbocycles. The second kappa shape index (κ2) is 6.74. The topological polar surface area (TPSA) is 77.2 Å². The predicted octanol–water partition coefficient (Wildman–Crippen LogP) is 2.62. The standard InChI is InChI=1S/C16H19N3O2/c1-3-11-4-6-12(7-5-11)10-19-15-14(17)13(8-9-18-15)16(20)21-2/h4-9H,3,10,17H2,1-2H3,(H,18,19). The molecule has 5 nitrogen and oxygen atoms in total. The van der Waals surface area contributed by atoms with E-state index in [-0.39, 0.29) is 0 Å². The van der Waals surface area contributed by atoms with Crippen LogP contribution in [0.3, 0.4) is 0 Å². The van der Waals surface area contributed by atoms with Gasteiger partial charge in [0.2, 0.25) is 0 Å². The molecule has 1 aromatic heterocycles. The molecule has 1 heterocycles. The van der Waals surface area contributed by atoms with E-state index < -0.39 is 5.97 Å². The number of hydrogen-bond acceptors (Lipinski definition) is 5. The highest BCUT2D eigenvalue weighted by atomic mass is 16.5. The number of nitrogen functional groups attached to an aromatic ring is 1. The van der Waals surface area contributed by atoms with E-state index in [0.717, 1.165) is 12.0 Å². The van der Waals surface area contributed by atoms with Crippen molar-refractivity contribution in [2.24, 2.45) is 0 Å². The van der Waals surface area contributed by atoms with Crippen molar-refractivity contribution < 1.29 is 9.53 Å². The van der Waals surface area contributed by atoms with Gasteiger partial charge < -0.3 is 15.8 Å². The van der Waals surface area contributed by atoms with Gasteiger partial charge in [0.25, 0.3) is 0 Å². The van der Waals surface area contributed by atoms with Gasteiger partial charge in [0.05, 0.1) is 18.4 Å². The van der Waals surface area contributed by atoms with Gasteiger partial charge in [-0.3, -0.25) is 0 Å². The maximum absolute atomic E-state index is 11.6. The van der Waals surface area contributed by atoms with E-state index in [1.54, 1.807) is 6.07 Å². The highest BCUT2D eigenvalue weighted by molar-refractivity contribution is 5.97. The van der Waals surface area contributed by atoms with E-state index in [1.807, 2.05) is 0 Å². The first-order chi connectivity index (χ1) is 10.2. The number of ether oxygens (including phenoxy) is 1. The molecule has 0 atom stereocenters. The van der Waals surface area contributed by atoms with Crippen LogP contribution in [0.4, 0.5) is 11.5 Å². The zero-order chi connectivity index (χ0) is 15.2. The Balaban J connectivity index is 2.10. The Hall–Kier alpha value is -2.56.